The quantitative estimate of drug-likeness (QED) is 0.472. The van der Waals surface area contributed by atoms with E-state index in [1.807, 2.05) is 52.0 Å². The molecule has 2 rings (SSSR count). The first kappa shape index (κ1) is 28.3. The van der Waals surface area contributed by atoms with Crippen molar-refractivity contribution in [3.63, 3.8) is 0 Å². The third-order valence-electron chi connectivity index (χ3n) is 5.56. The van der Waals surface area contributed by atoms with Crippen LogP contribution < -0.4 is 9.62 Å². The highest BCUT2D eigenvalue weighted by Gasteiger charge is 2.29. The summed E-state index contributed by atoms with van der Waals surface area (Å²) in [6.45, 7) is 7.91. The number of hydrogen-bond donors (Lipinski definition) is 1. The summed E-state index contributed by atoms with van der Waals surface area (Å²) in [7, 11) is -3.63. The Labute approximate surface area is 208 Å². The van der Waals surface area contributed by atoms with E-state index in [0.29, 0.717) is 12.1 Å². The molecule has 0 aromatic heterocycles. The van der Waals surface area contributed by atoms with Gasteiger partial charge in [0.15, 0.2) is 0 Å². The van der Waals surface area contributed by atoms with Gasteiger partial charge in [0.05, 0.1) is 11.9 Å². The second-order valence-corrected chi connectivity index (χ2v) is 10.9. The molecule has 7 nitrogen and oxygen atoms in total. The van der Waals surface area contributed by atoms with Crippen molar-refractivity contribution in [2.75, 3.05) is 17.1 Å². The van der Waals surface area contributed by atoms with Gasteiger partial charge in [-0.05, 0) is 63.4 Å². The van der Waals surface area contributed by atoms with Gasteiger partial charge in [-0.25, -0.2) is 12.8 Å². The number of benzene rings is 2. The van der Waals surface area contributed by atoms with E-state index in [0.717, 1.165) is 21.7 Å². The van der Waals surface area contributed by atoms with Crippen LogP contribution in [0.5, 0.6) is 0 Å². The number of amides is 2. The maximum absolute atomic E-state index is 13.3. The van der Waals surface area contributed by atoms with Crippen LogP contribution in [0, 0.1) is 12.7 Å². The van der Waals surface area contributed by atoms with Crippen LogP contribution in [0.2, 0.25) is 0 Å². The summed E-state index contributed by atoms with van der Waals surface area (Å²) in [5.74, 6) is -0.912. The van der Waals surface area contributed by atoms with Crippen LogP contribution in [-0.4, -0.2) is 50.0 Å². The minimum atomic E-state index is -3.63. The number of aryl methyl sites for hydroxylation is 1. The fourth-order valence-corrected chi connectivity index (χ4v) is 4.77. The van der Waals surface area contributed by atoms with Gasteiger partial charge in [0.2, 0.25) is 21.8 Å². The number of halogens is 1. The monoisotopic (exact) mass is 505 g/mol. The van der Waals surface area contributed by atoms with E-state index >= 15 is 0 Å². The fraction of sp³-hybridized carbons (Fsp3) is 0.462. The molecule has 0 aliphatic carbocycles. The number of nitrogens with one attached hydrogen (secondary N) is 1. The van der Waals surface area contributed by atoms with Crippen molar-refractivity contribution in [1.29, 1.82) is 0 Å². The highest BCUT2D eigenvalue weighted by molar-refractivity contribution is 7.92. The summed E-state index contributed by atoms with van der Waals surface area (Å²) in [5, 5.41) is 2.89. The third-order valence-corrected chi connectivity index (χ3v) is 6.75. The van der Waals surface area contributed by atoms with E-state index < -0.39 is 21.9 Å². The van der Waals surface area contributed by atoms with E-state index in [2.05, 4.69) is 5.32 Å². The second kappa shape index (κ2) is 12.7. The Bertz CT molecular complexity index is 1090. The van der Waals surface area contributed by atoms with Crippen LogP contribution in [0.3, 0.4) is 0 Å². The lowest BCUT2D eigenvalue weighted by atomic mass is 10.1. The molecule has 0 aliphatic rings. The molecule has 35 heavy (non-hydrogen) atoms. The zero-order valence-electron chi connectivity index (χ0n) is 21.1. The van der Waals surface area contributed by atoms with Gasteiger partial charge in [0, 0.05) is 25.6 Å². The molecule has 0 aliphatic heterocycles. The number of rotatable bonds is 12. The summed E-state index contributed by atoms with van der Waals surface area (Å²) in [6, 6.07) is 12.3. The summed E-state index contributed by atoms with van der Waals surface area (Å²) in [5.41, 5.74) is 2.34. The number of carbonyl (C=O) groups is 2. The van der Waals surface area contributed by atoms with Gasteiger partial charge < -0.3 is 10.2 Å². The first-order chi connectivity index (χ1) is 16.4. The minimum absolute atomic E-state index is 0.0591. The van der Waals surface area contributed by atoms with Crippen LogP contribution in [0.4, 0.5) is 10.1 Å². The molecular weight excluding hydrogens is 469 g/mol. The lowest BCUT2D eigenvalue weighted by Crippen LogP contribution is -2.50. The predicted octanol–water partition coefficient (Wildman–Crippen LogP) is 4.01. The molecule has 0 fully saturated rings. The first-order valence-electron chi connectivity index (χ1n) is 11.8. The number of hydrogen-bond acceptors (Lipinski definition) is 4. The summed E-state index contributed by atoms with van der Waals surface area (Å²) in [6.07, 6.45) is 1.83. The van der Waals surface area contributed by atoms with Gasteiger partial charge in [0.25, 0.3) is 0 Å². The van der Waals surface area contributed by atoms with Crippen LogP contribution in [0.15, 0.2) is 48.5 Å². The molecule has 0 radical (unpaired) electrons. The highest BCUT2D eigenvalue weighted by Crippen LogP contribution is 2.20. The lowest BCUT2D eigenvalue weighted by molar-refractivity contribution is -0.141. The van der Waals surface area contributed by atoms with Gasteiger partial charge in [0.1, 0.15) is 11.9 Å². The van der Waals surface area contributed by atoms with Crippen molar-refractivity contribution >= 4 is 27.5 Å². The molecule has 2 amide bonds. The van der Waals surface area contributed by atoms with Crippen LogP contribution >= 0.6 is 0 Å². The number of anilines is 1. The molecule has 2 aromatic rings. The number of nitrogens with zero attached hydrogens (tertiary/aromatic N) is 2. The van der Waals surface area contributed by atoms with Crippen LogP contribution in [0.25, 0.3) is 0 Å². The van der Waals surface area contributed by atoms with Gasteiger partial charge in [-0.1, -0.05) is 36.8 Å². The van der Waals surface area contributed by atoms with E-state index in [4.69, 9.17) is 0 Å². The largest absolute Gasteiger partial charge is 0.352 e. The molecule has 192 valence electrons. The van der Waals surface area contributed by atoms with Crippen molar-refractivity contribution in [3.05, 3.63) is 65.5 Å². The molecule has 0 bridgehead atoms. The van der Waals surface area contributed by atoms with E-state index in [1.54, 1.807) is 4.90 Å². The Morgan fingerprint density at radius 2 is 1.63 bits per heavy atom. The zero-order valence-corrected chi connectivity index (χ0v) is 21.9. The molecule has 0 heterocycles. The Kier molecular flexibility index (Phi) is 10.2. The zero-order chi connectivity index (χ0) is 26.2. The van der Waals surface area contributed by atoms with Gasteiger partial charge in [-0.3, -0.25) is 13.9 Å². The highest BCUT2D eigenvalue weighted by atomic mass is 32.2. The normalized spacial score (nSPS) is 12.3. The number of sulfonamides is 1. The van der Waals surface area contributed by atoms with Gasteiger partial charge in [-0.15, -0.1) is 0 Å². The van der Waals surface area contributed by atoms with E-state index in [-0.39, 0.29) is 43.8 Å². The van der Waals surface area contributed by atoms with Gasteiger partial charge >= 0.3 is 0 Å². The first-order valence-corrected chi connectivity index (χ1v) is 13.7. The molecule has 1 unspecified atom stereocenters. The molecule has 1 N–H and O–H groups in total. The SMILES string of the molecule is CCC(C(=O)NC(C)C)N(Cc1ccc(C)cc1)C(=O)CCCN(c1ccc(F)cc1)S(C)(=O)=O. The molecule has 1 atom stereocenters. The van der Waals surface area contributed by atoms with Crippen LogP contribution in [-0.2, 0) is 26.2 Å². The average Bonchev–Trinajstić information content (AvgIpc) is 2.77. The third kappa shape index (κ3) is 8.65. The summed E-state index contributed by atoms with van der Waals surface area (Å²) in [4.78, 5) is 27.8. The minimum Gasteiger partial charge on any atom is -0.352 e. The van der Waals surface area contributed by atoms with Crippen molar-refractivity contribution in [1.82, 2.24) is 10.2 Å². The number of carbonyl (C=O) groups excluding carboxylic acids is 2. The molecular formula is C26H36FN3O4S. The predicted molar refractivity (Wildman–Crippen MR) is 137 cm³/mol. The Hall–Kier alpha value is -2.94. The summed E-state index contributed by atoms with van der Waals surface area (Å²) >= 11 is 0. The second-order valence-electron chi connectivity index (χ2n) is 9.01. The molecule has 0 saturated heterocycles. The molecule has 0 saturated carbocycles. The lowest BCUT2D eigenvalue weighted by Gasteiger charge is -2.31. The van der Waals surface area contributed by atoms with Crippen molar-refractivity contribution in [3.8, 4) is 0 Å². The smallest absolute Gasteiger partial charge is 0.243 e. The van der Waals surface area contributed by atoms with Gasteiger partial charge in [-0.2, -0.15) is 0 Å². The van der Waals surface area contributed by atoms with Crippen molar-refractivity contribution in [2.24, 2.45) is 0 Å². The summed E-state index contributed by atoms with van der Waals surface area (Å²) < 4.78 is 39.1. The maximum Gasteiger partial charge on any atom is 0.243 e. The van der Waals surface area contributed by atoms with Crippen molar-refractivity contribution < 1.29 is 22.4 Å². The van der Waals surface area contributed by atoms with Crippen molar-refractivity contribution in [2.45, 2.75) is 65.6 Å². The van der Waals surface area contributed by atoms with E-state index in [9.17, 15) is 22.4 Å². The van der Waals surface area contributed by atoms with Crippen LogP contribution in [0.1, 0.15) is 51.2 Å². The maximum atomic E-state index is 13.3. The molecule has 0 spiro atoms. The standard InChI is InChI=1S/C26H36FN3O4S/c1-6-24(26(32)28-19(2)3)29(18-21-11-9-20(4)10-12-21)25(31)8-7-17-30(35(5,33)34)23-15-13-22(27)14-16-23/h9-16,19,24H,6-8,17-18H2,1-5H3,(H,28,32). The fourth-order valence-electron chi connectivity index (χ4n) is 3.80. The Balaban J connectivity index is 2.20. The molecule has 2 aromatic carbocycles. The Morgan fingerprint density at radius 1 is 1.03 bits per heavy atom. The molecule has 9 heteroatoms. The average molecular weight is 506 g/mol. The topological polar surface area (TPSA) is 86.8 Å². The van der Waals surface area contributed by atoms with E-state index in [1.165, 1.54) is 24.3 Å². The Morgan fingerprint density at radius 3 is 2.14 bits per heavy atom.